The van der Waals surface area contributed by atoms with Crippen molar-refractivity contribution >= 4 is 12.4 Å². The van der Waals surface area contributed by atoms with E-state index in [1.165, 1.54) is 35.1 Å². The van der Waals surface area contributed by atoms with Gasteiger partial charge in [0.25, 0.3) is 0 Å². The molecule has 16 N–H and O–H groups in total. The number of nitrogens with two attached hydrogens (primary N) is 8. The third-order valence-corrected chi connectivity index (χ3v) is 14.3. The summed E-state index contributed by atoms with van der Waals surface area (Å²) in [6, 6.07) is 9.04. The molecule has 3 aliphatic heterocycles. The minimum Gasteiger partial charge on any atom is -0.340 e. The Labute approximate surface area is 367 Å². The smallest absolute Gasteiger partial charge is 0.340 e. The van der Waals surface area contributed by atoms with E-state index in [1.807, 2.05) is 0 Å². The molecule has 1 spiro atoms. The molecule has 0 amide bonds. The van der Waals surface area contributed by atoms with Crippen molar-refractivity contribution < 1.29 is 18.6 Å². The van der Waals surface area contributed by atoms with Crippen molar-refractivity contribution in [3.05, 3.63) is 57.6 Å². The summed E-state index contributed by atoms with van der Waals surface area (Å²) >= 11 is 0. The van der Waals surface area contributed by atoms with Crippen LogP contribution in [0.3, 0.4) is 0 Å². The van der Waals surface area contributed by atoms with Gasteiger partial charge >= 0.3 is 6.03 Å². The molecule has 1 saturated heterocycles. The minimum atomic E-state index is -1.16. The van der Waals surface area contributed by atoms with Crippen LogP contribution < -0.4 is 55.3 Å². The Morgan fingerprint density at radius 3 is 1.03 bits per heavy atom. The molecule has 2 fully saturated rings. The van der Waals surface area contributed by atoms with Crippen LogP contribution in [-0.4, -0.2) is 92.1 Å². The van der Waals surface area contributed by atoms with Crippen LogP contribution in [-0.2, 0) is 0 Å². The number of ether oxygens (including phenoxy) is 2. The number of rotatable bonds is 28. The summed E-state index contributed by atoms with van der Waals surface area (Å²) in [4.78, 5) is 0. The molecule has 1 saturated carbocycles. The van der Waals surface area contributed by atoms with E-state index < -0.39 is 6.03 Å². The topological polar surface area (TPSA) is 233 Å². The van der Waals surface area contributed by atoms with Crippen LogP contribution in [0.2, 0.25) is 0 Å². The molecule has 0 radical (unpaired) electrons. The number of benzene rings is 2. The van der Waals surface area contributed by atoms with E-state index in [9.17, 15) is 0 Å². The van der Waals surface area contributed by atoms with E-state index in [2.05, 4.69) is 45.8 Å². The summed E-state index contributed by atoms with van der Waals surface area (Å²) in [6.45, 7) is 5.29. The summed E-state index contributed by atoms with van der Waals surface area (Å²) in [6.07, 6.45) is 25.0. The average Bonchev–Trinajstić information content (AvgIpc) is 3.55. The molecule has 6 rings (SSSR count). The van der Waals surface area contributed by atoms with E-state index in [1.54, 1.807) is 0 Å². The summed E-state index contributed by atoms with van der Waals surface area (Å²) in [7, 11) is 0. The molecule has 1 aliphatic carbocycles. The minimum absolute atomic E-state index is 0.241. The fourth-order valence-electron chi connectivity index (χ4n) is 11.1. The van der Waals surface area contributed by atoms with Crippen LogP contribution in [0.1, 0.15) is 185 Å². The largest absolute Gasteiger partial charge is 0.704 e. The maximum atomic E-state index is 7.74. The van der Waals surface area contributed by atoms with Crippen molar-refractivity contribution in [2.75, 3.05) is 52.4 Å². The maximum absolute atomic E-state index is 7.74. The second kappa shape index (κ2) is 23.7. The van der Waals surface area contributed by atoms with Gasteiger partial charge in [0.2, 0.25) is 12.1 Å². The Balaban J connectivity index is 1.57. The van der Waals surface area contributed by atoms with E-state index in [0.29, 0.717) is 64.2 Å². The van der Waals surface area contributed by atoms with E-state index in [0.717, 1.165) is 138 Å². The van der Waals surface area contributed by atoms with Gasteiger partial charge in [-0.1, -0.05) is 21.3 Å². The van der Waals surface area contributed by atoms with Crippen molar-refractivity contribution in [3.63, 3.8) is 0 Å². The second-order valence-electron chi connectivity index (χ2n) is 18.5. The molecule has 3 heterocycles. The van der Waals surface area contributed by atoms with Crippen LogP contribution in [0, 0.1) is 0 Å². The summed E-state index contributed by atoms with van der Waals surface area (Å²) < 4.78 is 20.4. The molecule has 0 aromatic heterocycles. The first kappa shape index (κ1) is 47.5. The lowest BCUT2D eigenvalue weighted by molar-refractivity contribution is -0.866. The molecule has 0 bridgehead atoms. The monoisotopic (exact) mass is 845 g/mol. The molecule has 61 heavy (non-hydrogen) atoms. The van der Waals surface area contributed by atoms with Gasteiger partial charge in [-0.2, -0.15) is 0 Å². The lowest BCUT2D eigenvalue weighted by Crippen LogP contribution is -2.60. The van der Waals surface area contributed by atoms with Gasteiger partial charge in [0.05, 0.1) is 11.1 Å². The van der Waals surface area contributed by atoms with Gasteiger partial charge in [-0.3, -0.25) is 0 Å². The molecule has 12 heteroatoms. The predicted octanol–water partition coefficient (Wildman–Crippen LogP) is 5.22. The zero-order valence-corrected chi connectivity index (χ0v) is 37.6. The zero-order chi connectivity index (χ0) is 43.2. The number of hydrogen-bond acceptors (Lipinski definition) is 10. The average molecular weight is 845 g/mol. The van der Waals surface area contributed by atoms with Crippen LogP contribution in [0.15, 0.2) is 24.3 Å². The molecular weight excluding hydrogens is 761 g/mol. The third kappa shape index (κ3) is 10.9. The molecule has 2 unspecified atom stereocenters. The summed E-state index contributed by atoms with van der Waals surface area (Å²) in [5, 5.41) is 0. The van der Waals surface area contributed by atoms with Crippen LogP contribution >= 0.6 is 0 Å². The van der Waals surface area contributed by atoms with Crippen LogP contribution in [0.25, 0.3) is 0 Å². The first-order chi connectivity index (χ1) is 29.9. The number of fused-ring (bicyclic) bond motifs is 5. The van der Waals surface area contributed by atoms with Crippen LogP contribution in [0.4, 0.5) is 0 Å². The first-order valence-electron chi connectivity index (χ1n) is 24.5. The highest BCUT2D eigenvalue weighted by Gasteiger charge is 2.76. The van der Waals surface area contributed by atoms with E-state index in [-0.39, 0.29) is 23.9 Å². The first-order valence-corrected chi connectivity index (χ1v) is 24.5. The van der Waals surface area contributed by atoms with Crippen LogP contribution in [0.5, 0.6) is 11.5 Å². The van der Waals surface area contributed by atoms with Crippen molar-refractivity contribution in [1.29, 1.82) is 0 Å². The molecular formula is C49H84N10O2+2. The third-order valence-electron chi connectivity index (χ3n) is 14.3. The van der Waals surface area contributed by atoms with Gasteiger partial charge in [-0.15, -0.1) is 0 Å². The highest BCUT2D eigenvalue weighted by molar-refractivity contribution is 5.85. The maximum Gasteiger partial charge on any atom is 0.704 e. The summed E-state index contributed by atoms with van der Waals surface area (Å²) in [5.41, 5.74) is 56.7. The lowest BCUT2D eigenvalue weighted by atomic mass is 9.82. The highest BCUT2D eigenvalue weighted by atomic mass is 16.7. The van der Waals surface area contributed by atoms with E-state index in [4.69, 9.17) is 55.3 Å². The zero-order valence-electron chi connectivity index (χ0n) is 37.6. The second-order valence-corrected chi connectivity index (χ2v) is 18.5. The van der Waals surface area contributed by atoms with Gasteiger partial charge in [-0.25, -0.2) is 0 Å². The van der Waals surface area contributed by atoms with Crippen molar-refractivity contribution in [1.82, 2.24) is 0 Å². The van der Waals surface area contributed by atoms with Crippen molar-refractivity contribution in [3.8, 4) is 11.5 Å². The molecule has 2 atom stereocenters. The Kier molecular flexibility index (Phi) is 18.4. The van der Waals surface area contributed by atoms with Gasteiger partial charge in [0.1, 0.15) is 0 Å². The van der Waals surface area contributed by atoms with E-state index >= 15 is 0 Å². The SMILES string of the molecule is NCCCC(CCCN)c1cc2c(c(C(CCCN)CCCN)c1)OC13Oc4c(cc(C(CCCN)CCCN)cc4C(CCCN)CCCN)C=[N+]1C1CCCCC1[N+]3=C2. The molecule has 2 aromatic carbocycles. The highest BCUT2D eigenvalue weighted by Crippen LogP contribution is 2.50. The fourth-order valence-corrected chi connectivity index (χ4v) is 11.1. The molecule has 12 nitrogen and oxygen atoms in total. The van der Waals surface area contributed by atoms with Crippen molar-refractivity contribution in [2.24, 2.45) is 45.9 Å². The molecule has 4 aliphatic rings. The standard InChI is InChI=1S/C49H84N10O2/c50-21-3-11-35(12-4-22-51)39-29-41-33-58-45-19-1-2-20-46(45)59-34-42-30-40(36(13-5-23-52)14-6-24-53)32-44(38(17-9-27-56)18-10-28-57)48(42)61-49(58,59)60-47(41)43(31-39)37(15-7-25-54)16-8-26-55/h29-38,45-46H,1-28,50-57H2/q+2. The Hall–Kier alpha value is -2.94. The van der Waals surface area contributed by atoms with Gasteiger partial charge in [0, 0.05) is 12.8 Å². The van der Waals surface area contributed by atoms with Crippen molar-refractivity contribution in [2.45, 2.75) is 170 Å². The van der Waals surface area contributed by atoms with Gasteiger partial charge in [0.15, 0.2) is 23.9 Å². The molecule has 340 valence electrons. The Morgan fingerprint density at radius 2 is 0.738 bits per heavy atom. The normalized spacial score (nSPS) is 20.3. The lowest BCUT2D eigenvalue weighted by Gasteiger charge is -2.33. The summed E-state index contributed by atoms with van der Waals surface area (Å²) in [5.74, 6) is 3.08. The molecule has 2 aromatic rings. The Bertz CT molecular complexity index is 1590. The number of hydrogen-bond donors (Lipinski definition) is 8. The fraction of sp³-hybridized carbons (Fsp3) is 0.714. The predicted molar refractivity (Wildman–Crippen MR) is 251 cm³/mol. The number of nitrogens with zero attached hydrogens (tertiary/aromatic N) is 2. The Morgan fingerprint density at radius 1 is 0.443 bits per heavy atom. The van der Waals surface area contributed by atoms with Gasteiger partial charge < -0.3 is 55.3 Å². The quantitative estimate of drug-likeness (QED) is 0.0521. The van der Waals surface area contributed by atoms with Gasteiger partial charge in [-0.05, 0) is 226 Å².